The van der Waals surface area contributed by atoms with E-state index < -0.39 is 0 Å². The van der Waals surface area contributed by atoms with Gasteiger partial charge in [0.15, 0.2) is 11.6 Å². The lowest BCUT2D eigenvalue weighted by molar-refractivity contribution is -0.123. The summed E-state index contributed by atoms with van der Waals surface area (Å²) < 4.78 is 20.0. The van der Waals surface area contributed by atoms with E-state index in [0.717, 1.165) is 24.9 Å². The van der Waals surface area contributed by atoms with Crippen LogP contribution in [0.2, 0.25) is 0 Å². The van der Waals surface area contributed by atoms with Gasteiger partial charge < -0.3 is 9.84 Å². The average Bonchev–Trinajstić information content (AvgIpc) is 3.26. The molecule has 0 bridgehead atoms. The third-order valence-corrected chi connectivity index (χ3v) is 4.44. The Kier molecular flexibility index (Phi) is 4.42. The van der Waals surface area contributed by atoms with Gasteiger partial charge in [0.05, 0.1) is 12.5 Å². The number of aromatic nitrogens is 5. The summed E-state index contributed by atoms with van der Waals surface area (Å²) >= 11 is 0. The Morgan fingerprint density at radius 3 is 3.00 bits per heavy atom. The lowest BCUT2D eigenvalue weighted by atomic mass is 10.0. The van der Waals surface area contributed by atoms with Crippen molar-refractivity contribution in [2.45, 2.75) is 38.3 Å². The third-order valence-electron chi connectivity index (χ3n) is 4.44. The number of amides is 1. The quantitative estimate of drug-likeness (QED) is 0.768. The third kappa shape index (κ3) is 3.32. The monoisotopic (exact) mass is 356 g/mol. The summed E-state index contributed by atoms with van der Waals surface area (Å²) in [6.45, 7) is 0.945. The van der Waals surface area contributed by atoms with Gasteiger partial charge in [0.2, 0.25) is 5.91 Å². The Morgan fingerprint density at radius 1 is 1.31 bits per heavy atom. The van der Waals surface area contributed by atoms with Crippen molar-refractivity contribution in [1.29, 1.82) is 0 Å². The fourth-order valence-corrected chi connectivity index (χ4v) is 3.06. The number of hydrogen-bond acceptors (Lipinski definition) is 6. The molecule has 1 atom stereocenters. The Bertz CT molecular complexity index is 904. The lowest BCUT2D eigenvalue weighted by Crippen LogP contribution is -2.30. The molecule has 1 aromatic carbocycles. The van der Waals surface area contributed by atoms with Crippen LogP contribution in [0.3, 0.4) is 0 Å². The molecule has 0 spiro atoms. The SMILES string of the molecule is O=C(NCc1cc(-c2ccc(F)cc2)no1)[C@H]1CCCCn2nnnc21. The van der Waals surface area contributed by atoms with Gasteiger partial charge in [0, 0.05) is 18.2 Å². The minimum Gasteiger partial charge on any atom is -0.359 e. The maximum atomic E-state index is 13.0. The molecular formula is C17H17FN6O2. The number of hydrogen-bond donors (Lipinski definition) is 1. The molecule has 4 rings (SSSR count). The molecule has 9 heteroatoms. The van der Waals surface area contributed by atoms with Crippen LogP contribution in [0.15, 0.2) is 34.9 Å². The van der Waals surface area contributed by atoms with Crippen LogP contribution >= 0.6 is 0 Å². The van der Waals surface area contributed by atoms with Crippen molar-refractivity contribution in [3.63, 3.8) is 0 Å². The van der Waals surface area contributed by atoms with E-state index >= 15 is 0 Å². The van der Waals surface area contributed by atoms with Gasteiger partial charge in [0.25, 0.3) is 0 Å². The zero-order chi connectivity index (χ0) is 17.9. The molecule has 1 aliphatic rings. The van der Waals surface area contributed by atoms with Crippen molar-refractivity contribution < 1.29 is 13.7 Å². The highest BCUT2D eigenvalue weighted by Crippen LogP contribution is 2.24. The summed E-state index contributed by atoms with van der Waals surface area (Å²) in [4.78, 5) is 12.6. The van der Waals surface area contributed by atoms with E-state index in [4.69, 9.17) is 4.52 Å². The van der Waals surface area contributed by atoms with Crippen molar-refractivity contribution in [2.75, 3.05) is 0 Å². The van der Waals surface area contributed by atoms with E-state index in [1.807, 2.05) is 0 Å². The van der Waals surface area contributed by atoms with Crippen molar-refractivity contribution in [3.05, 3.63) is 47.7 Å². The van der Waals surface area contributed by atoms with E-state index in [1.165, 1.54) is 12.1 Å². The maximum absolute atomic E-state index is 13.0. The summed E-state index contributed by atoms with van der Waals surface area (Å²) in [5.41, 5.74) is 1.34. The van der Waals surface area contributed by atoms with Gasteiger partial charge in [-0.25, -0.2) is 9.07 Å². The highest BCUT2D eigenvalue weighted by Gasteiger charge is 2.28. The van der Waals surface area contributed by atoms with Gasteiger partial charge in [-0.05, 0) is 47.5 Å². The first-order valence-corrected chi connectivity index (χ1v) is 8.46. The summed E-state index contributed by atoms with van der Waals surface area (Å²) in [5, 5.41) is 18.4. The number of tetrazole rings is 1. The van der Waals surface area contributed by atoms with E-state index in [0.29, 0.717) is 23.7 Å². The molecule has 1 aliphatic heterocycles. The minimum absolute atomic E-state index is 0.136. The number of benzene rings is 1. The molecule has 0 aliphatic carbocycles. The first kappa shape index (κ1) is 16.4. The molecule has 3 aromatic rings. The number of nitrogens with one attached hydrogen (secondary N) is 1. The minimum atomic E-state index is -0.369. The Hall–Kier alpha value is -3.10. The molecular weight excluding hydrogens is 339 g/mol. The number of rotatable bonds is 4. The molecule has 0 saturated carbocycles. The van der Waals surface area contributed by atoms with Crippen LogP contribution in [-0.2, 0) is 17.9 Å². The zero-order valence-electron chi connectivity index (χ0n) is 13.9. The zero-order valence-corrected chi connectivity index (χ0v) is 13.9. The highest BCUT2D eigenvalue weighted by atomic mass is 19.1. The van der Waals surface area contributed by atoms with Gasteiger partial charge in [-0.2, -0.15) is 0 Å². The molecule has 8 nitrogen and oxygen atoms in total. The molecule has 2 aromatic heterocycles. The first-order valence-electron chi connectivity index (χ1n) is 8.46. The van der Waals surface area contributed by atoms with E-state index in [-0.39, 0.29) is 24.2 Å². The smallest absolute Gasteiger partial charge is 0.231 e. The summed E-state index contributed by atoms with van der Waals surface area (Å²) in [6.07, 6.45) is 2.59. The number of fused-ring (bicyclic) bond motifs is 1. The van der Waals surface area contributed by atoms with Gasteiger partial charge >= 0.3 is 0 Å². The second kappa shape index (κ2) is 7.03. The second-order valence-electron chi connectivity index (χ2n) is 6.21. The van der Waals surface area contributed by atoms with Crippen LogP contribution in [0.4, 0.5) is 4.39 Å². The predicted molar refractivity (Wildman–Crippen MR) is 88.2 cm³/mol. The van der Waals surface area contributed by atoms with Gasteiger partial charge in [-0.3, -0.25) is 4.79 Å². The number of halogens is 1. The largest absolute Gasteiger partial charge is 0.359 e. The Morgan fingerprint density at radius 2 is 2.15 bits per heavy atom. The van der Waals surface area contributed by atoms with Crippen LogP contribution in [0.1, 0.15) is 36.8 Å². The molecule has 0 radical (unpaired) electrons. The van der Waals surface area contributed by atoms with Crippen LogP contribution in [0.5, 0.6) is 0 Å². The summed E-state index contributed by atoms with van der Waals surface area (Å²) in [7, 11) is 0. The molecule has 0 unspecified atom stereocenters. The van der Waals surface area contributed by atoms with Crippen LogP contribution in [0, 0.1) is 5.82 Å². The fraction of sp³-hybridized carbons (Fsp3) is 0.353. The summed E-state index contributed by atoms with van der Waals surface area (Å²) in [5.74, 6) is 0.306. The van der Waals surface area contributed by atoms with E-state index in [9.17, 15) is 9.18 Å². The van der Waals surface area contributed by atoms with Crippen molar-refractivity contribution in [2.24, 2.45) is 0 Å². The molecule has 0 fully saturated rings. The summed E-state index contributed by atoms with van der Waals surface area (Å²) in [6, 6.07) is 7.70. The number of carbonyl (C=O) groups is 1. The van der Waals surface area contributed by atoms with Crippen molar-refractivity contribution in [1.82, 2.24) is 30.7 Å². The first-order chi connectivity index (χ1) is 12.7. The van der Waals surface area contributed by atoms with Crippen molar-refractivity contribution in [3.8, 4) is 11.3 Å². The molecule has 1 N–H and O–H groups in total. The normalized spacial score (nSPS) is 16.7. The van der Waals surface area contributed by atoms with Gasteiger partial charge in [-0.15, -0.1) is 5.10 Å². The van der Waals surface area contributed by atoms with Crippen LogP contribution < -0.4 is 5.32 Å². The number of aryl methyl sites for hydroxylation is 1. The highest BCUT2D eigenvalue weighted by molar-refractivity contribution is 5.82. The van der Waals surface area contributed by atoms with Crippen LogP contribution in [-0.4, -0.2) is 31.3 Å². The standard InChI is InChI=1S/C17H17FN6O2/c18-12-6-4-11(5-7-12)15-9-13(26-21-15)10-19-17(25)14-3-1-2-8-24-16(14)20-22-23-24/h4-7,9,14H,1-3,8,10H2,(H,19,25)/t14-/m0/s1. The lowest BCUT2D eigenvalue weighted by Gasteiger charge is -2.12. The van der Waals surface area contributed by atoms with Gasteiger partial charge in [-0.1, -0.05) is 11.6 Å². The van der Waals surface area contributed by atoms with Gasteiger partial charge in [0.1, 0.15) is 11.5 Å². The average molecular weight is 356 g/mol. The fourth-order valence-electron chi connectivity index (χ4n) is 3.06. The van der Waals surface area contributed by atoms with E-state index in [1.54, 1.807) is 22.9 Å². The molecule has 3 heterocycles. The predicted octanol–water partition coefficient (Wildman–Crippen LogP) is 2.05. The van der Waals surface area contributed by atoms with Crippen LogP contribution in [0.25, 0.3) is 11.3 Å². The van der Waals surface area contributed by atoms with Crippen molar-refractivity contribution >= 4 is 5.91 Å². The number of nitrogens with zero attached hydrogens (tertiary/aromatic N) is 5. The second-order valence-corrected chi connectivity index (χ2v) is 6.21. The molecule has 0 saturated heterocycles. The van der Waals surface area contributed by atoms with E-state index in [2.05, 4.69) is 26.0 Å². The topological polar surface area (TPSA) is 98.7 Å². The molecule has 26 heavy (non-hydrogen) atoms. The Labute approximate surface area is 148 Å². The molecule has 134 valence electrons. The molecule has 1 amide bonds. The maximum Gasteiger partial charge on any atom is 0.231 e. The Balaban J connectivity index is 1.42. The number of carbonyl (C=O) groups excluding carboxylic acids is 1.